The monoisotopic (exact) mass is 414 g/mol. The van der Waals surface area contributed by atoms with Crippen LogP contribution in [0.1, 0.15) is 81.5 Å². The summed E-state index contributed by atoms with van der Waals surface area (Å²) in [6.45, 7) is 4.43. The summed E-state index contributed by atoms with van der Waals surface area (Å²) in [4.78, 5) is 27.5. The number of carbonyl (C=O) groups is 2. The molecule has 5 nitrogen and oxygen atoms in total. The molecule has 0 aromatic heterocycles. The van der Waals surface area contributed by atoms with Crippen molar-refractivity contribution < 1.29 is 14.7 Å². The van der Waals surface area contributed by atoms with Crippen molar-refractivity contribution in [2.45, 2.75) is 82.8 Å². The second kappa shape index (κ2) is 11.1. The number of nitrogens with zero attached hydrogens (tertiary/aromatic N) is 1. The maximum atomic E-state index is 12.9. The third kappa shape index (κ3) is 6.14. The SMILES string of the molecule is CCC(C(=O)NC1CCCCC1)C1(O)CCN(CCCC(=O)c2ccccc2)CC1. The predicted octanol–water partition coefficient (Wildman–Crippen LogP) is 3.95. The third-order valence-electron chi connectivity index (χ3n) is 7.02. The van der Waals surface area contributed by atoms with Crippen LogP contribution >= 0.6 is 0 Å². The molecule has 1 saturated carbocycles. The Labute approximate surface area is 181 Å². The van der Waals surface area contributed by atoms with Crippen molar-refractivity contribution in [2.75, 3.05) is 19.6 Å². The van der Waals surface area contributed by atoms with Crippen LogP contribution in [0.25, 0.3) is 0 Å². The van der Waals surface area contributed by atoms with Crippen molar-refractivity contribution in [1.29, 1.82) is 0 Å². The van der Waals surface area contributed by atoms with Gasteiger partial charge in [0, 0.05) is 31.1 Å². The zero-order valence-electron chi connectivity index (χ0n) is 18.4. The van der Waals surface area contributed by atoms with E-state index >= 15 is 0 Å². The number of carbonyl (C=O) groups excluding carboxylic acids is 2. The number of hydrogen-bond donors (Lipinski definition) is 2. The van der Waals surface area contributed by atoms with Crippen LogP contribution in [-0.2, 0) is 4.79 Å². The van der Waals surface area contributed by atoms with Crippen LogP contribution in [0, 0.1) is 5.92 Å². The molecular weight excluding hydrogens is 376 g/mol. The van der Waals surface area contributed by atoms with Crippen LogP contribution < -0.4 is 5.32 Å². The van der Waals surface area contributed by atoms with E-state index in [1.165, 1.54) is 19.3 Å². The second-order valence-corrected chi connectivity index (χ2v) is 9.14. The van der Waals surface area contributed by atoms with Gasteiger partial charge in [-0.05, 0) is 45.1 Å². The predicted molar refractivity (Wildman–Crippen MR) is 119 cm³/mol. The Morgan fingerprint density at radius 2 is 1.80 bits per heavy atom. The first-order valence-electron chi connectivity index (χ1n) is 11.8. The van der Waals surface area contributed by atoms with Crippen molar-refractivity contribution in [3.05, 3.63) is 35.9 Å². The standard InChI is InChI=1S/C25H38N2O3/c1-2-22(24(29)26-21-12-7-4-8-13-21)25(30)15-18-27(19-16-25)17-9-14-23(28)20-10-5-3-6-11-20/h3,5-6,10-11,21-22,30H,2,4,7-9,12-19H2,1H3,(H,26,29). The molecular formula is C25H38N2O3. The number of likely N-dealkylation sites (tertiary alicyclic amines) is 1. The highest BCUT2D eigenvalue weighted by Crippen LogP contribution is 2.33. The molecule has 1 unspecified atom stereocenters. The zero-order valence-corrected chi connectivity index (χ0v) is 18.4. The highest BCUT2D eigenvalue weighted by molar-refractivity contribution is 5.95. The van der Waals surface area contributed by atoms with Crippen molar-refractivity contribution in [3.63, 3.8) is 0 Å². The molecule has 1 aliphatic carbocycles. The topological polar surface area (TPSA) is 69.6 Å². The van der Waals surface area contributed by atoms with E-state index in [1.807, 2.05) is 37.3 Å². The first-order chi connectivity index (χ1) is 14.5. The number of nitrogens with one attached hydrogen (secondary N) is 1. The molecule has 1 amide bonds. The normalized spacial score (nSPS) is 21.1. The fraction of sp³-hybridized carbons (Fsp3) is 0.680. The minimum atomic E-state index is -0.913. The fourth-order valence-corrected chi connectivity index (χ4v) is 5.10. The van der Waals surface area contributed by atoms with E-state index < -0.39 is 5.60 Å². The first kappa shape index (κ1) is 23.0. The molecule has 1 aliphatic heterocycles. The minimum absolute atomic E-state index is 0.0359. The van der Waals surface area contributed by atoms with E-state index in [4.69, 9.17) is 0 Å². The van der Waals surface area contributed by atoms with Crippen molar-refractivity contribution >= 4 is 11.7 Å². The molecule has 0 radical (unpaired) electrons. The summed E-state index contributed by atoms with van der Waals surface area (Å²) >= 11 is 0. The average molecular weight is 415 g/mol. The number of amides is 1. The van der Waals surface area contributed by atoms with Crippen LogP contribution in [0.3, 0.4) is 0 Å². The molecule has 166 valence electrons. The molecule has 1 atom stereocenters. The maximum Gasteiger partial charge on any atom is 0.226 e. The van der Waals surface area contributed by atoms with Gasteiger partial charge >= 0.3 is 0 Å². The van der Waals surface area contributed by atoms with E-state index in [1.54, 1.807) is 0 Å². The van der Waals surface area contributed by atoms with Crippen LogP contribution in [-0.4, -0.2) is 53.0 Å². The van der Waals surface area contributed by atoms with Gasteiger partial charge < -0.3 is 15.3 Å². The summed E-state index contributed by atoms with van der Waals surface area (Å²) in [5, 5.41) is 14.5. The van der Waals surface area contributed by atoms with Gasteiger partial charge in [-0.1, -0.05) is 56.5 Å². The lowest BCUT2D eigenvalue weighted by Crippen LogP contribution is -2.54. The van der Waals surface area contributed by atoms with E-state index in [0.29, 0.717) is 25.7 Å². The summed E-state index contributed by atoms with van der Waals surface area (Å²) in [5.74, 6) is -0.107. The minimum Gasteiger partial charge on any atom is -0.389 e. The summed E-state index contributed by atoms with van der Waals surface area (Å²) in [5.41, 5.74) is -0.135. The van der Waals surface area contributed by atoms with Crippen LogP contribution in [0.4, 0.5) is 0 Å². The van der Waals surface area contributed by atoms with E-state index in [0.717, 1.165) is 44.5 Å². The van der Waals surface area contributed by atoms with Crippen LogP contribution in [0.5, 0.6) is 0 Å². The van der Waals surface area contributed by atoms with Crippen molar-refractivity contribution in [2.24, 2.45) is 5.92 Å². The number of Topliss-reactive ketones (excluding diaryl/α,β-unsaturated/α-hetero) is 1. The summed E-state index contributed by atoms with van der Waals surface area (Å²) in [7, 11) is 0. The molecule has 1 heterocycles. The number of benzene rings is 1. The van der Waals surface area contributed by atoms with Crippen LogP contribution in [0.2, 0.25) is 0 Å². The van der Waals surface area contributed by atoms with Gasteiger partial charge in [0.25, 0.3) is 0 Å². The largest absolute Gasteiger partial charge is 0.389 e. The van der Waals surface area contributed by atoms with E-state index in [-0.39, 0.29) is 23.7 Å². The highest BCUT2D eigenvalue weighted by atomic mass is 16.3. The lowest BCUT2D eigenvalue weighted by atomic mass is 9.77. The lowest BCUT2D eigenvalue weighted by Gasteiger charge is -2.42. The van der Waals surface area contributed by atoms with Gasteiger partial charge in [0.1, 0.15) is 0 Å². The number of hydrogen-bond acceptors (Lipinski definition) is 4. The molecule has 1 saturated heterocycles. The Morgan fingerprint density at radius 1 is 1.13 bits per heavy atom. The Hall–Kier alpha value is -1.72. The summed E-state index contributed by atoms with van der Waals surface area (Å²) < 4.78 is 0. The number of piperidine rings is 1. The molecule has 2 fully saturated rings. The average Bonchev–Trinajstić information content (AvgIpc) is 2.77. The smallest absolute Gasteiger partial charge is 0.226 e. The van der Waals surface area contributed by atoms with Gasteiger partial charge in [-0.3, -0.25) is 9.59 Å². The Bertz CT molecular complexity index is 677. The lowest BCUT2D eigenvalue weighted by molar-refractivity contribution is -0.140. The fourth-order valence-electron chi connectivity index (χ4n) is 5.10. The second-order valence-electron chi connectivity index (χ2n) is 9.14. The molecule has 5 heteroatoms. The van der Waals surface area contributed by atoms with Gasteiger partial charge in [-0.25, -0.2) is 0 Å². The number of rotatable bonds is 9. The van der Waals surface area contributed by atoms with Gasteiger partial charge in [-0.15, -0.1) is 0 Å². The molecule has 2 N–H and O–H groups in total. The van der Waals surface area contributed by atoms with Gasteiger partial charge in [0.2, 0.25) is 5.91 Å². The molecule has 2 aliphatic rings. The Balaban J connectivity index is 1.43. The van der Waals surface area contributed by atoms with Gasteiger partial charge in [0.05, 0.1) is 11.5 Å². The summed E-state index contributed by atoms with van der Waals surface area (Å²) in [6, 6.07) is 9.73. The van der Waals surface area contributed by atoms with Gasteiger partial charge in [0.15, 0.2) is 5.78 Å². The van der Waals surface area contributed by atoms with Gasteiger partial charge in [-0.2, -0.15) is 0 Å². The molecule has 3 rings (SSSR count). The number of aliphatic hydroxyl groups is 1. The first-order valence-corrected chi connectivity index (χ1v) is 11.8. The molecule has 1 aromatic rings. The Kier molecular flexibility index (Phi) is 8.46. The quantitative estimate of drug-likeness (QED) is 0.600. The Morgan fingerprint density at radius 3 is 2.43 bits per heavy atom. The van der Waals surface area contributed by atoms with E-state index in [2.05, 4.69) is 10.2 Å². The zero-order chi connectivity index (χ0) is 21.4. The van der Waals surface area contributed by atoms with Crippen molar-refractivity contribution in [3.8, 4) is 0 Å². The van der Waals surface area contributed by atoms with Crippen LogP contribution in [0.15, 0.2) is 30.3 Å². The molecule has 1 aromatic carbocycles. The third-order valence-corrected chi connectivity index (χ3v) is 7.02. The highest BCUT2D eigenvalue weighted by Gasteiger charge is 2.42. The van der Waals surface area contributed by atoms with E-state index in [9.17, 15) is 14.7 Å². The molecule has 30 heavy (non-hydrogen) atoms. The summed E-state index contributed by atoms with van der Waals surface area (Å²) in [6.07, 6.45) is 9.05. The van der Waals surface area contributed by atoms with Crippen molar-refractivity contribution in [1.82, 2.24) is 10.2 Å². The number of ketones is 1. The molecule has 0 bridgehead atoms. The molecule has 0 spiro atoms. The maximum absolute atomic E-state index is 12.9.